The summed E-state index contributed by atoms with van der Waals surface area (Å²) >= 11 is 0. The maximum absolute atomic E-state index is 13.2. The molecule has 2 amide bonds. The van der Waals surface area contributed by atoms with Crippen LogP contribution in [0, 0.1) is 10.8 Å². The maximum Gasteiger partial charge on any atom is 0.330 e. The Labute approximate surface area is 195 Å². The van der Waals surface area contributed by atoms with Crippen LogP contribution in [0.2, 0.25) is 0 Å². The summed E-state index contributed by atoms with van der Waals surface area (Å²) in [5.41, 5.74) is 2.50. The number of piperazine rings is 1. The number of anilines is 3. The van der Waals surface area contributed by atoms with E-state index in [9.17, 15) is 4.79 Å². The molecule has 1 aromatic carbocycles. The number of hydrogen-bond donors (Lipinski definition) is 2. The Morgan fingerprint density at radius 2 is 1.61 bits per heavy atom. The molecule has 33 heavy (non-hydrogen) atoms. The second-order valence-corrected chi connectivity index (χ2v) is 8.75. The van der Waals surface area contributed by atoms with Crippen LogP contribution in [0.3, 0.4) is 0 Å². The summed E-state index contributed by atoms with van der Waals surface area (Å²) in [6.07, 6.45) is 1.13. The van der Waals surface area contributed by atoms with Crippen LogP contribution in [0.15, 0.2) is 42.5 Å². The van der Waals surface area contributed by atoms with Crippen molar-refractivity contribution in [2.75, 3.05) is 61.0 Å². The van der Waals surface area contributed by atoms with Gasteiger partial charge in [0.2, 0.25) is 0 Å². The normalized spacial score (nSPS) is 17.1. The minimum absolute atomic E-state index is 0.0295. The van der Waals surface area contributed by atoms with Crippen LogP contribution in [0.25, 0.3) is 0 Å². The smallest absolute Gasteiger partial charge is 0.330 e. The van der Waals surface area contributed by atoms with Crippen LogP contribution in [-0.2, 0) is 0 Å². The average Bonchev–Trinajstić information content (AvgIpc) is 3.21. The quantitative estimate of drug-likeness (QED) is 0.524. The van der Waals surface area contributed by atoms with Crippen LogP contribution in [0.5, 0.6) is 0 Å². The Morgan fingerprint density at radius 3 is 2.24 bits per heavy atom. The van der Waals surface area contributed by atoms with Gasteiger partial charge in [0.15, 0.2) is 5.84 Å². The van der Waals surface area contributed by atoms with E-state index in [4.69, 9.17) is 10.8 Å². The number of rotatable bonds is 6. The lowest BCUT2D eigenvalue weighted by atomic mass is 10.2. The molecule has 0 aliphatic carbocycles. The summed E-state index contributed by atoms with van der Waals surface area (Å²) in [4.78, 5) is 27.4. The first kappa shape index (κ1) is 22.7. The number of amidine groups is 1. The second-order valence-electron chi connectivity index (χ2n) is 8.75. The molecular weight excluding hydrogens is 416 g/mol. The van der Waals surface area contributed by atoms with E-state index in [0.717, 1.165) is 38.2 Å². The molecule has 2 N–H and O–H groups in total. The van der Waals surface area contributed by atoms with Crippen LogP contribution < -0.4 is 14.7 Å². The monoisotopic (exact) mass is 448 g/mol. The maximum atomic E-state index is 13.2. The lowest BCUT2D eigenvalue weighted by Gasteiger charge is -2.34. The molecule has 1 aromatic heterocycles. The summed E-state index contributed by atoms with van der Waals surface area (Å²) < 4.78 is 0. The lowest BCUT2D eigenvalue weighted by Crippen LogP contribution is -2.44. The molecule has 2 aliphatic heterocycles. The van der Waals surface area contributed by atoms with Gasteiger partial charge >= 0.3 is 6.03 Å². The van der Waals surface area contributed by atoms with E-state index < -0.39 is 0 Å². The standard InChI is InChI=1S/C24H32N8O/c1-18(2)32(17-25)23(26)21-5-4-6-22(27-21)31-16-15-30(24(31)33)20-9-7-19(8-10-20)29-13-11-28(3)12-14-29/h4-10,17-18,25-26H,11-16H2,1-3H3. The summed E-state index contributed by atoms with van der Waals surface area (Å²) in [6.45, 7) is 9.07. The summed E-state index contributed by atoms with van der Waals surface area (Å²) in [6, 6.07) is 13.4. The Bertz CT molecular complexity index is 1010. The third-order valence-electron chi connectivity index (χ3n) is 6.25. The van der Waals surface area contributed by atoms with E-state index in [0.29, 0.717) is 24.6 Å². The molecule has 0 unspecified atom stereocenters. The summed E-state index contributed by atoms with van der Waals surface area (Å²) in [5.74, 6) is 0.664. The van der Waals surface area contributed by atoms with Crippen molar-refractivity contribution < 1.29 is 4.79 Å². The minimum atomic E-state index is -0.119. The molecule has 3 heterocycles. The second kappa shape index (κ2) is 9.58. The van der Waals surface area contributed by atoms with Gasteiger partial charge < -0.3 is 14.7 Å². The van der Waals surface area contributed by atoms with Gasteiger partial charge in [0.05, 0.1) is 6.34 Å². The Morgan fingerprint density at radius 1 is 0.970 bits per heavy atom. The molecule has 2 saturated heterocycles. The van der Waals surface area contributed by atoms with Gasteiger partial charge in [0, 0.05) is 56.7 Å². The van der Waals surface area contributed by atoms with Gasteiger partial charge in [0.1, 0.15) is 11.5 Å². The number of hydrogen-bond acceptors (Lipinski definition) is 6. The van der Waals surface area contributed by atoms with Crippen LogP contribution >= 0.6 is 0 Å². The Hall–Kier alpha value is -3.46. The first-order valence-corrected chi connectivity index (χ1v) is 11.4. The van der Waals surface area contributed by atoms with Gasteiger partial charge in [-0.25, -0.2) is 9.78 Å². The SMILES string of the molecule is CC(C)N(C=N)C(=N)c1cccc(N2CCN(c3ccc(N4CCN(C)CC4)cc3)C2=O)n1. The molecule has 0 atom stereocenters. The zero-order valence-corrected chi connectivity index (χ0v) is 19.5. The molecule has 0 radical (unpaired) electrons. The molecular formula is C24H32N8O. The minimum Gasteiger partial charge on any atom is -0.369 e. The molecule has 9 heteroatoms. The molecule has 2 aromatic rings. The first-order chi connectivity index (χ1) is 15.9. The van der Waals surface area contributed by atoms with E-state index in [2.05, 4.69) is 34.0 Å². The fraction of sp³-hybridized carbons (Fsp3) is 0.417. The molecule has 0 spiro atoms. The van der Waals surface area contributed by atoms with Crippen molar-refractivity contribution in [1.82, 2.24) is 14.8 Å². The van der Waals surface area contributed by atoms with E-state index in [1.165, 1.54) is 10.6 Å². The largest absolute Gasteiger partial charge is 0.369 e. The third kappa shape index (κ3) is 4.68. The van der Waals surface area contributed by atoms with Crippen LogP contribution in [0.4, 0.5) is 22.0 Å². The molecule has 0 saturated carbocycles. The number of nitrogens with zero attached hydrogens (tertiary/aromatic N) is 6. The van der Waals surface area contributed by atoms with Crippen molar-refractivity contribution in [1.29, 1.82) is 10.8 Å². The number of carbonyl (C=O) groups excluding carboxylic acids is 1. The van der Waals surface area contributed by atoms with E-state index in [1.54, 1.807) is 28.0 Å². The molecule has 9 nitrogen and oxygen atoms in total. The van der Waals surface area contributed by atoms with E-state index in [1.807, 2.05) is 26.0 Å². The van der Waals surface area contributed by atoms with Gasteiger partial charge in [-0.1, -0.05) is 6.07 Å². The van der Waals surface area contributed by atoms with Crippen molar-refractivity contribution in [2.45, 2.75) is 19.9 Å². The van der Waals surface area contributed by atoms with Gasteiger partial charge in [-0.05, 0) is 57.3 Å². The number of amides is 2. The number of aromatic nitrogens is 1. The average molecular weight is 449 g/mol. The predicted molar refractivity (Wildman–Crippen MR) is 133 cm³/mol. The number of benzene rings is 1. The summed E-state index contributed by atoms with van der Waals surface area (Å²) in [5, 5.41) is 16.0. The zero-order chi connectivity index (χ0) is 23.5. The highest BCUT2D eigenvalue weighted by molar-refractivity contribution is 6.06. The van der Waals surface area contributed by atoms with Crippen molar-refractivity contribution in [2.24, 2.45) is 0 Å². The first-order valence-electron chi connectivity index (χ1n) is 11.4. The zero-order valence-electron chi connectivity index (χ0n) is 19.5. The number of nitrogens with one attached hydrogen (secondary N) is 2. The van der Waals surface area contributed by atoms with Crippen LogP contribution in [0.1, 0.15) is 19.5 Å². The fourth-order valence-corrected chi connectivity index (χ4v) is 4.21. The van der Waals surface area contributed by atoms with Crippen molar-refractivity contribution >= 4 is 35.4 Å². The number of carbonyl (C=O) groups is 1. The molecule has 4 rings (SSSR count). The third-order valence-corrected chi connectivity index (χ3v) is 6.25. The Kier molecular flexibility index (Phi) is 6.60. The van der Waals surface area contributed by atoms with Crippen molar-refractivity contribution in [3.05, 3.63) is 48.2 Å². The molecule has 0 bridgehead atoms. The number of likely N-dealkylation sites (N-methyl/N-ethyl adjacent to an activating group) is 1. The predicted octanol–water partition coefficient (Wildman–Crippen LogP) is 2.92. The highest BCUT2D eigenvalue weighted by atomic mass is 16.2. The molecule has 2 aliphatic rings. The number of pyridine rings is 1. The van der Waals surface area contributed by atoms with Crippen LogP contribution in [-0.4, -0.2) is 85.3 Å². The van der Waals surface area contributed by atoms with Crippen molar-refractivity contribution in [3.8, 4) is 0 Å². The van der Waals surface area contributed by atoms with Gasteiger partial charge in [-0.2, -0.15) is 0 Å². The fourth-order valence-electron chi connectivity index (χ4n) is 4.21. The highest BCUT2D eigenvalue weighted by Crippen LogP contribution is 2.27. The highest BCUT2D eigenvalue weighted by Gasteiger charge is 2.32. The molecule has 2 fully saturated rings. The van der Waals surface area contributed by atoms with Gasteiger partial charge in [-0.3, -0.25) is 20.6 Å². The van der Waals surface area contributed by atoms with E-state index in [-0.39, 0.29) is 17.9 Å². The molecule has 174 valence electrons. The van der Waals surface area contributed by atoms with E-state index >= 15 is 0 Å². The summed E-state index contributed by atoms with van der Waals surface area (Å²) in [7, 11) is 2.15. The van der Waals surface area contributed by atoms with Gasteiger partial charge in [0.25, 0.3) is 0 Å². The lowest BCUT2D eigenvalue weighted by molar-refractivity contribution is 0.255. The number of urea groups is 1. The van der Waals surface area contributed by atoms with Crippen molar-refractivity contribution in [3.63, 3.8) is 0 Å². The Balaban J connectivity index is 1.47. The van der Waals surface area contributed by atoms with Gasteiger partial charge in [-0.15, -0.1) is 0 Å². The topological polar surface area (TPSA) is 93.9 Å².